The highest BCUT2D eigenvalue weighted by Crippen LogP contribution is 2.32. The van der Waals surface area contributed by atoms with E-state index >= 15 is 0 Å². The van der Waals surface area contributed by atoms with Gasteiger partial charge < -0.3 is 20.8 Å². The molecule has 0 heterocycles. The van der Waals surface area contributed by atoms with Gasteiger partial charge in [-0.05, 0) is 38.5 Å². The summed E-state index contributed by atoms with van der Waals surface area (Å²) in [7, 11) is 0. The lowest BCUT2D eigenvalue weighted by Gasteiger charge is -2.37. The summed E-state index contributed by atoms with van der Waals surface area (Å²) in [5, 5.41) is 25.0. The minimum absolute atomic E-state index is 0.227. The molecule has 3 rings (SSSR count). The van der Waals surface area contributed by atoms with Crippen molar-refractivity contribution in [3.05, 3.63) is 0 Å². The van der Waals surface area contributed by atoms with Crippen molar-refractivity contribution in [1.29, 1.82) is 0 Å². The Morgan fingerprint density at radius 3 is 1.13 bits per heavy atom. The first kappa shape index (κ1) is 22.6. The van der Waals surface area contributed by atoms with E-state index < -0.39 is 35.6 Å². The van der Waals surface area contributed by atoms with Gasteiger partial charge in [-0.3, -0.25) is 19.2 Å². The number of carboxylic acid groups (broad SMARTS) is 2. The van der Waals surface area contributed by atoms with Crippen molar-refractivity contribution in [2.45, 2.75) is 89.1 Å². The van der Waals surface area contributed by atoms with Crippen LogP contribution >= 0.6 is 0 Å². The summed E-state index contributed by atoms with van der Waals surface area (Å²) in [6, 6.07) is -0.475. The number of carboxylic acids is 2. The Kier molecular flexibility index (Phi) is 7.72. The predicted octanol–water partition coefficient (Wildman–Crippen LogP) is 2.31. The fraction of sp³-hybridized carbons (Fsp3) is 0.818. The zero-order valence-corrected chi connectivity index (χ0v) is 17.5. The Morgan fingerprint density at radius 2 is 0.800 bits per heavy atom. The molecule has 4 N–H and O–H groups in total. The van der Waals surface area contributed by atoms with Crippen LogP contribution in [0.25, 0.3) is 0 Å². The molecule has 168 valence electrons. The number of amides is 2. The number of carbonyl (C=O) groups is 4. The summed E-state index contributed by atoms with van der Waals surface area (Å²) in [6.45, 7) is 0. The molecule has 0 spiro atoms. The highest BCUT2D eigenvalue weighted by atomic mass is 16.4. The first-order chi connectivity index (χ1) is 14.4. The Morgan fingerprint density at radius 1 is 0.500 bits per heavy atom. The molecule has 2 amide bonds. The summed E-state index contributed by atoms with van der Waals surface area (Å²) in [5.74, 6) is -4.62. The third-order valence-electron chi connectivity index (χ3n) is 7.26. The maximum absolute atomic E-state index is 12.9. The van der Waals surface area contributed by atoms with Gasteiger partial charge >= 0.3 is 11.9 Å². The van der Waals surface area contributed by atoms with Crippen molar-refractivity contribution in [2.75, 3.05) is 0 Å². The van der Waals surface area contributed by atoms with E-state index in [9.17, 15) is 29.4 Å². The second-order valence-electron chi connectivity index (χ2n) is 9.19. The van der Waals surface area contributed by atoms with Crippen LogP contribution in [0.15, 0.2) is 0 Å². The van der Waals surface area contributed by atoms with Crippen molar-refractivity contribution in [1.82, 2.24) is 10.6 Å². The number of nitrogens with one attached hydrogen (secondary N) is 2. The van der Waals surface area contributed by atoms with Gasteiger partial charge in [0.25, 0.3) is 0 Å². The molecule has 3 aliphatic rings. The third kappa shape index (κ3) is 5.32. The van der Waals surface area contributed by atoms with E-state index in [-0.39, 0.29) is 23.9 Å². The summed E-state index contributed by atoms with van der Waals surface area (Å²) < 4.78 is 0. The Bertz CT molecular complexity index is 610. The lowest BCUT2D eigenvalue weighted by molar-refractivity contribution is -0.149. The molecular formula is C22H34N2O6. The quantitative estimate of drug-likeness (QED) is 0.519. The Hall–Kier alpha value is -2.12. The monoisotopic (exact) mass is 422 g/mol. The molecular weight excluding hydrogens is 388 g/mol. The molecule has 0 aromatic heterocycles. The molecule has 30 heavy (non-hydrogen) atoms. The Labute approximate surface area is 177 Å². The average molecular weight is 423 g/mol. The standard InChI is InChI=1S/C22H34N2O6/c25-19(13-7-1-3-9-15(13)21(27)28)23-17-11-5-6-12-18(17)24-20(26)14-8-2-4-10-16(14)22(29)30/h13-18H,1-12H2,(H,23,25)(H,24,26)(H,27,28)(H,29,30)/t13-,14-,15-,16+,17-,18+/m1/s1. The van der Waals surface area contributed by atoms with Crippen LogP contribution in [-0.4, -0.2) is 46.0 Å². The first-order valence-electron chi connectivity index (χ1n) is 11.4. The largest absolute Gasteiger partial charge is 0.481 e. The van der Waals surface area contributed by atoms with Crippen LogP contribution < -0.4 is 10.6 Å². The number of carbonyl (C=O) groups excluding carboxylic acids is 2. The molecule has 0 unspecified atom stereocenters. The van der Waals surface area contributed by atoms with Crippen LogP contribution in [0, 0.1) is 23.7 Å². The van der Waals surface area contributed by atoms with Gasteiger partial charge in [0, 0.05) is 12.1 Å². The molecule has 0 bridgehead atoms. The fourth-order valence-corrected chi connectivity index (χ4v) is 5.54. The van der Waals surface area contributed by atoms with Crippen LogP contribution in [-0.2, 0) is 19.2 Å². The van der Waals surface area contributed by atoms with Gasteiger partial charge in [0.05, 0.1) is 23.7 Å². The lowest BCUT2D eigenvalue weighted by Crippen LogP contribution is -2.56. The maximum Gasteiger partial charge on any atom is 0.307 e. The molecule has 3 aliphatic carbocycles. The van der Waals surface area contributed by atoms with Crippen molar-refractivity contribution in [2.24, 2.45) is 23.7 Å². The smallest absolute Gasteiger partial charge is 0.307 e. The molecule has 3 saturated carbocycles. The number of hydrogen-bond acceptors (Lipinski definition) is 4. The van der Waals surface area contributed by atoms with Crippen LogP contribution in [0.2, 0.25) is 0 Å². The minimum atomic E-state index is -0.916. The zero-order chi connectivity index (χ0) is 21.7. The van der Waals surface area contributed by atoms with Crippen LogP contribution in [0.4, 0.5) is 0 Å². The van der Waals surface area contributed by atoms with Crippen LogP contribution in [0.1, 0.15) is 77.0 Å². The molecule has 0 radical (unpaired) electrons. The molecule has 6 atom stereocenters. The van der Waals surface area contributed by atoms with Gasteiger partial charge in [-0.1, -0.05) is 38.5 Å². The highest BCUT2D eigenvalue weighted by molar-refractivity contribution is 5.86. The molecule has 3 fully saturated rings. The van der Waals surface area contributed by atoms with Crippen LogP contribution in [0.3, 0.4) is 0 Å². The van der Waals surface area contributed by atoms with E-state index in [4.69, 9.17) is 0 Å². The fourth-order valence-electron chi connectivity index (χ4n) is 5.54. The van der Waals surface area contributed by atoms with Crippen molar-refractivity contribution in [3.63, 3.8) is 0 Å². The lowest BCUT2D eigenvalue weighted by atomic mass is 9.77. The van der Waals surface area contributed by atoms with E-state index in [1.807, 2.05) is 0 Å². The first-order valence-corrected chi connectivity index (χ1v) is 11.4. The number of rotatable bonds is 6. The topological polar surface area (TPSA) is 133 Å². The maximum atomic E-state index is 12.9. The van der Waals surface area contributed by atoms with Crippen molar-refractivity contribution < 1.29 is 29.4 Å². The second kappa shape index (κ2) is 10.3. The molecule has 0 aliphatic heterocycles. The van der Waals surface area contributed by atoms with Crippen molar-refractivity contribution >= 4 is 23.8 Å². The van der Waals surface area contributed by atoms with Crippen molar-refractivity contribution in [3.8, 4) is 0 Å². The van der Waals surface area contributed by atoms with E-state index in [2.05, 4.69) is 10.6 Å². The van der Waals surface area contributed by atoms with E-state index in [0.29, 0.717) is 25.7 Å². The van der Waals surface area contributed by atoms with Gasteiger partial charge in [-0.2, -0.15) is 0 Å². The summed E-state index contributed by atoms with van der Waals surface area (Å²) in [5.41, 5.74) is 0. The number of aliphatic carboxylic acids is 2. The van der Waals surface area contributed by atoms with Gasteiger partial charge in [0.2, 0.25) is 11.8 Å². The number of hydrogen-bond donors (Lipinski definition) is 4. The summed E-state index contributed by atoms with van der Waals surface area (Å²) >= 11 is 0. The Balaban J connectivity index is 1.63. The van der Waals surface area contributed by atoms with Gasteiger partial charge in [-0.25, -0.2) is 0 Å². The van der Waals surface area contributed by atoms with E-state index in [1.165, 1.54) is 0 Å². The molecule has 0 saturated heterocycles. The van der Waals surface area contributed by atoms with Gasteiger partial charge in [0.15, 0.2) is 0 Å². The van der Waals surface area contributed by atoms with E-state index in [1.54, 1.807) is 0 Å². The van der Waals surface area contributed by atoms with Gasteiger partial charge in [0.1, 0.15) is 0 Å². The van der Waals surface area contributed by atoms with E-state index in [0.717, 1.165) is 51.4 Å². The molecule has 0 aromatic carbocycles. The zero-order valence-electron chi connectivity index (χ0n) is 17.5. The molecule has 0 aromatic rings. The van der Waals surface area contributed by atoms with Crippen LogP contribution in [0.5, 0.6) is 0 Å². The predicted molar refractivity (Wildman–Crippen MR) is 108 cm³/mol. The third-order valence-corrected chi connectivity index (χ3v) is 7.26. The molecule has 8 heteroatoms. The van der Waals surface area contributed by atoms with Gasteiger partial charge in [-0.15, -0.1) is 0 Å². The normalized spacial score (nSPS) is 34.5. The molecule has 8 nitrogen and oxygen atoms in total. The second-order valence-corrected chi connectivity index (χ2v) is 9.19. The average Bonchev–Trinajstić information content (AvgIpc) is 2.75. The summed E-state index contributed by atoms with van der Waals surface area (Å²) in [6.07, 6.45) is 8.90. The summed E-state index contributed by atoms with van der Waals surface area (Å²) in [4.78, 5) is 48.9. The SMILES string of the molecule is O=C(O)[C@H]1CCCC[C@H]1C(=O)N[C@H]1CCCC[C@H]1NC(=O)[C@@H]1CCCC[C@H]1C(=O)O. The highest BCUT2D eigenvalue weighted by Gasteiger charge is 2.40. The minimum Gasteiger partial charge on any atom is -0.481 e.